The second kappa shape index (κ2) is 8.68. The van der Waals surface area contributed by atoms with E-state index in [9.17, 15) is 14.0 Å². The number of ether oxygens (including phenoxy) is 1. The largest absolute Gasteiger partial charge is 0.444 e. The number of rotatable bonds is 3. The Kier molecular flexibility index (Phi) is 6.10. The fraction of sp³-hybridized carbons (Fsp3) is 0.560. The Hall–Kier alpha value is -2.70. The third kappa shape index (κ3) is 4.71. The number of nitrogens with zero attached hydrogens (tertiary/aromatic N) is 3. The molecule has 0 N–H and O–H groups in total. The van der Waals surface area contributed by atoms with Gasteiger partial charge in [-0.25, -0.2) is 14.2 Å². The SMILES string of the molecule is CC(C)(C)OC(=O)N1CC[C@@H](Cn2cnc(-c3ccccc3F)cc2=O)C2(CCCC2)C1. The maximum Gasteiger partial charge on any atom is 0.410 e. The molecule has 0 unspecified atom stereocenters. The number of carbonyl (C=O) groups excluding carboxylic acids is 1. The molecule has 4 rings (SSSR count). The molecule has 0 radical (unpaired) electrons. The van der Waals surface area contributed by atoms with Crippen molar-refractivity contribution in [3.05, 3.63) is 52.8 Å². The highest BCUT2D eigenvalue weighted by atomic mass is 19.1. The molecule has 1 aliphatic carbocycles. The number of carbonyl (C=O) groups is 1. The zero-order valence-corrected chi connectivity index (χ0v) is 19.1. The maximum atomic E-state index is 14.1. The molecule has 1 aromatic heterocycles. The number of piperidine rings is 1. The average molecular weight is 442 g/mol. The summed E-state index contributed by atoms with van der Waals surface area (Å²) in [4.78, 5) is 31.7. The lowest BCUT2D eigenvalue weighted by molar-refractivity contribution is -0.0156. The van der Waals surface area contributed by atoms with E-state index in [1.807, 2.05) is 25.7 Å². The first-order valence-corrected chi connectivity index (χ1v) is 11.5. The van der Waals surface area contributed by atoms with Crippen LogP contribution in [0.1, 0.15) is 52.9 Å². The highest BCUT2D eigenvalue weighted by molar-refractivity contribution is 5.68. The van der Waals surface area contributed by atoms with Gasteiger partial charge in [-0.3, -0.25) is 9.36 Å². The fourth-order valence-electron chi connectivity index (χ4n) is 5.24. The number of amides is 1. The molecule has 2 heterocycles. The van der Waals surface area contributed by atoms with Gasteiger partial charge in [-0.05, 0) is 63.5 Å². The van der Waals surface area contributed by atoms with Crippen molar-refractivity contribution >= 4 is 6.09 Å². The molecular formula is C25H32FN3O3. The van der Waals surface area contributed by atoms with Gasteiger partial charge < -0.3 is 9.64 Å². The van der Waals surface area contributed by atoms with Crippen molar-refractivity contribution < 1.29 is 13.9 Å². The Bertz CT molecular complexity index is 1040. The summed E-state index contributed by atoms with van der Waals surface area (Å²) in [6.07, 6.45) is 6.47. The van der Waals surface area contributed by atoms with Crippen LogP contribution in [0.25, 0.3) is 11.3 Å². The predicted octanol–water partition coefficient (Wildman–Crippen LogP) is 4.87. The van der Waals surface area contributed by atoms with Gasteiger partial charge in [0.1, 0.15) is 11.4 Å². The molecule has 32 heavy (non-hydrogen) atoms. The zero-order chi connectivity index (χ0) is 22.9. The van der Waals surface area contributed by atoms with E-state index < -0.39 is 11.4 Å². The molecule has 2 aromatic rings. The van der Waals surface area contributed by atoms with E-state index in [0.29, 0.717) is 30.9 Å². The summed E-state index contributed by atoms with van der Waals surface area (Å²) in [7, 11) is 0. The molecule has 172 valence electrons. The van der Waals surface area contributed by atoms with Gasteiger partial charge in [0, 0.05) is 31.3 Å². The van der Waals surface area contributed by atoms with Crippen molar-refractivity contribution in [3.8, 4) is 11.3 Å². The first-order chi connectivity index (χ1) is 15.2. The van der Waals surface area contributed by atoms with Crippen LogP contribution in [0.4, 0.5) is 9.18 Å². The van der Waals surface area contributed by atoms with E-state index in [1.165, 1.54) is 18.5 Å². The first-order valence-electron chi connectivity index (χ1n) is 11.5. The van der Waals surface area contributed by atoms with Gasteiger partial charge in [0.2, 0.25) is 0 Å². The molecule has 2 fully saturated rings. The third-order valence-corrected chi connectivity index (χ3v) is 6.82. The topological polar surface area (TPSA) is 64.4 Å². The van der Waals surface area contributed by atoms with Gasteiger partial charge in [-0.1, -0.05) is 25.0 Å². The van der Waals surface area contributed by atoms with Gasteiger partial charge >= 0.3 is 6.09 Å². The summed E-state index contributed by atoms with van der Waals surface area (Å²) >= 11 is 0. The second-order valence-electron chi connectivity index (χ2n) is 10.2. The maximum absolute atomic E-state index is 14.1. The van der Waals surface area contributed by atoms with E-state index >= 15 is 0 Å². The number of hydrogen-bond donors (Lipinski definition) is 0. The Morgan fingerprint density at radius 3 is 2.62 bits per heavy atom. The monoisotopic (exact) mass is 441 g/mol. The number of benzene rings is 1. The quantitative estimate of drug-likeness (QED) is 0.682. The van der Waals surface area contributed by atoms with E-state index in [-0.39, 0.29) is 23.0 Å². The standard InChI is InChI=1S/C25H32FN3O3/c1-24(2,3)32-23(31)28-13-10-18(25(16-28)11-6-7-12-25)15-29-17-27-21(14-22(29)30)19-8-4-5-9-20(19)26/h4-5,8-9,14,17-18H,6-7,10-13,15-16H2,1-3H3/t18-/m0/s1. The summed E-state index contributed by atoms with van der Waals surface area (Å²) in [5.74, 6) is -0.112. The molecule has 1 aliphatic heterocycles. The van der Waals surface area contributed by atoms with Crippen LogP contribution < -0.4 is 5.56 Å². The molecule has 1 aromatic carbocycles. The molecule has 0 bridgehead atoms. The van der Waals surface area contributed by atoms with Gasteiger partial charge in [0.15, 0.2) is 0 Å². The lowest BCUT2D eigenvalue weighted by atomic mass is 9.69. The van der Waals surface area contributed by atoms with Crippen molar-refractivity contribution in [3.63, 3.8) is 0 Å². The number of aromatic nitrogens is 2. The first kappa shape index (κ1) is 22.5. The molecule has 1 atom stereocenters. The number of halogens is 1. The van der Waals surface area contributed by atoms with Gasteiger partial charge in [-0.2, -0.15) is 0 Å². The van der Waals surface area contributed by atoms with E-state index in [1.54, 1.807) is 22.8 Å². The second-order valence-corrected chi connectivity index (χ2v) is 10.2. The summed E-state index contributed by atoms with van der Waals surface area (Å²) in [6.45, 7) is 7.50. The van der Waals surface area contributed by atoms with Crippen LogP contribution in [0.3, 0.4) is 0 Å². The minimum Gasteiger partial charge on any atom is -0.444 e. The van der Waals surface area contributed by atoms with Crippen LogP contribution >= 0.6 is 0 Å². The minimum absolute atomic E-state index is 0.00119. The van der Waals surface area contributed by atoms with Crippen LogP contribution in [0.15, 0.2) is 41.5 Å². The van der Waals surface area contributed by atoms with E-state index in [4.69, 9.17) is 4.74 Å². The Labute approximate surface area is 188 Å². The molecule has 6 nitrogen and oxygen atoms in total. The van der Waals surface area contributed by atoms with Crippen molar-refractivity contribution in [1.82, 2.24) is 14.5 Å². The van der Waals surface area contributed by atoms with Crippen LogP contribution in [-0.2, 0) is 11.3 Å². The lowest BCUT2D eigenvalue weighted by Crippen LogP contribution is -2.52. The van der Waals surface area contributed by atoms with Crippen LogP contribution in [0.2, 0.25) is 0 Å². The highest BCUT2D eigenvalue weighted by Crippen LogP contribution is 2.49. The molecule has 7 heteroatoms. The normalized spacial score (nSPS) is 20.5. The summed E-state index contributed by atoms with van der Waals surface area (Å²) in [5, 5.41) is 0. The summed E-state index contributed by atoms with van der Waals surface area (Å²) < 4.78 is 21.3. The van der Waals surface area contributed by atoms with Crippen molar-refractivity contribution in [2.24, 2.45) is 11.3 Å². The Balaban J connectivity index is 1.52. The van der Waals surface area contributed by atoms with Gasteiger partial charge in [0.05, 0.1) is 12.0 Å². The van der Waals surface area contributed by atoms with Crippen LogP contribution in [0, 0.1) is 17.2 Å². The van der Waals surface area contributed by atoms with Crippen molar-refractivity contribution in [2.75, 3.05) is 13.1 Å². The third-order valence-electron chi connectivity index (χ3n) is 6.82. The van der Waals surface area contributed by atoms with Crippen molar-refractivity contribution in [1.29, 1.82) is 0 Å². The summed E-state index contributed by atoms with van der Waals surface area (Å²) in [5.41, 5.74) is -0.0236. The predicted molar refractivity (Wildman–Crippen MR) is 121 cm³/mol. The molecular weight excluding hydrogens is 409 g/mol. The fourth-order valence-corrected chi connectivity index (χ4v) is 5.24. The van der Waals surface area contributed by atoms with E-state index in [0.717, 1.165) is 32.1 Å². The minimum atomic E-state index is -0.518. The molecule has 2 aliphatic rings. The Morgan fingerprint density at radius 1 is 1.25 bits per heavy atom. The van der Waals surface area contributed by atoms with E-state index in [2.05, 4.69) is 4.98 Å². The van der Waals surface area contributed by atoms with Crippen LogP contribution in [0.5, 0.6) is 0 Å². The van der Waals surface area contributed by atoms with Crippen molar-refractivity contribution in [2.45, 2.75) is 65.0 Å². The summed E-state index contributed by atoms with van der Waals surface area (Å²) in [6, 6.07) is 7.75. The molecule has 1 amide bonds. The molecule has 1 saturated heterocycles. The van der Waals surface area contributed by atoms with Crippen LogP contribution in [-0.4, -0.2) is 39.2 Å². The molecule has 1 spiro atoms. The van der Waals surface area contributed by atoms with Gasteiger partial charge in [-0.15, -0.1) is 0 Å². The lowest BCUT2D eigenvalue weighted by Gasteiger charge is -2.46. The zero-order valence-electron chi connectivity index (χ0n) is 19.1. The average Bonchev–Trinajstić information content (AvgIpc) is 3.19. The smallest absolute Gasteiger partial charge is 0.410 e. The number of likely N-dealkylation sites (tertiary alicyclic amines) is 1. The molecule has 1 saturated carbocycles. The highest BCUT2D eigenvalue weighted by Gasteiger charge is 2.46. The van der Waals surface area contributed by atoms with Gasteiger partial charge in [0.25, 0.3) is 5.56 Å². The Morgan fingerprint density at radius 2 is 1.97 bits per heavy atom. The number of hydrogen-bond acceptors (Lipinski definition) is 4.